The van der Waals surface area contributed by atoms with Crippen molar-refractivity contribution in [1.29, 1.82) is 0 Å². The molecule has 0 saturated carbocycles. The number of aryl methyl sites for hydroxylation is 1. The summed E-state index contributed by atoms with van der Waals surface area (Å²) in [5, 5.41) is 9.20. The number of benzene rings is 1. The number of aliphatic imine (C=N–C) groups is 1. The molecule has 0 radical (unpaired) electrons. The molecular formula is C15H23N3O. The summed E-state index contributed by atoms with van der Waals surface area (Å²) >= 11 is 0. The second kappa shape index (κ2) is 7.02. The van der Waals surface area contributed by atoms with E-state index in [2.05, 4.69) is 9.89 Å². The minimum atomic E-state index is 0.316. The lowest BCUT2D eigenvalue weighted by atomic mass is 10.1. The van der Waals surface area contributed by atoms with E-state index in [1.165, 1.54) is 24.8 Å². The van der Waals surface area contributed by atoms with E-state index >= 15 is 0 Å². The molecule has 0 atom stereocenters. The Kier molecular flexibility index (Phi) is 5.07. The maximum Gasteiger partial charge on any atom is 0.191 e. The van der Waals surface area contributed by atoms with Crippen molar-refractivity contribution < 1.29 is 5.11 Å². The average Bonchev–Trinajstić information content (AvgIpc) is 2.46. The van der Waals surface area contributed by atoms with Gasteiger partial charge in [-0.1, -0.05) is 12.1 Å². The zero-order valence-electron chi connectivity index (χ0n) is 11.4. The van der Waals surface area contributed by atoms with Gasteiger partial charge in [-0.15, -0.1) is 0 Å². The molecule has 2 rings (SSSR count). The number of likely N-dealkylation sites (tertiary alicyclic amines) is 1. The van der Waals surface area contributed by atoms with E-state index in [9.17, 15) is 5.11 Å². The molecule has 0 bridgehead atoms. The number of hydrogen-bond donors (Lipinski definition) is 2. The SMILES string of the molecule is NC(=NCCCc1ccc(O)cc1)N1CCCCC1. The smallest absolute Gasteiger partial charge is 0.191 e. The third-order valence-corrected chi connectivity index (χ3v) is 3.51. The Labute approximate surface area is 114 Å². The van der Waals surface area contributed by atoms with Gasteiger partial charge in [0.1, 0.15) is 5.75 Å². The van der Waals surface area contributed by atoms with E-state index in [0.29, 0.717) is 11.7 Å². The highest BCUT2D eigenvalue weighted by Crippen LogP contribution is 2.11. The first-order chi connectivity index (χ1) is 9.25. The first-order valence-corrected chi connectivity index (χ1v) is 7.08. The summed E-state index contributed by atoms with van der Waals surface area (Å²) in [6.07, 6.45) is 5.72. The van der Waals surface area contributed by atoms with Crippen LogP contribution in [0.4, 0.5) is 0 Å². The molecule has 0 amide bonds. The zero-order chi connectivity index (χ0) is 13.5. The van der Waals surface area contributed by atoms with Gasteiger partial charge in [-0.25, -0.2) is 0 Å². The van der Waals surface area contributed by atoms with Crippen LogP contribution in [0.2, 0.25) is 0 Å². The molecule has 1 fully saturated rings. The number of nitrogens with zero attached hydrogens (tertiary/aromatic N) is 2. The van der Waals surface area contributed by atoms with Gasteiger partial charge in [0.2, 0.25) is 0 Å². The Morgan fingerprint density at radius 1 is 1.16 bits per heavy atom. The molecule has 0 aromatic heterocycles. The van der Waals surface area contributed by atoms with E-state index in [4.69, 9.17) is 5.73 Å². The standard InChI is InChI=1S/C15H23N3O/c16-15(18-11-2-1-3-12-18)17-10-4-5-13-6-8-14(19)9-7-13/h6-9,19H,1-5,10-12H2,(H2,16,17). The summed E-state index contributed by atoms with van der Waals surface area (Å²) in [4.78, 5) is 6.64. The van der Waals surface area contributed by atoms with E-state index in [1.54, 1.807) is 12.1 Å². The molecule has 0 spiro atoms. The number of guanidine groups is 1. The Morgan fingerprint density at radius 3 is 2.53 bits per heavy atom. The largest absolute Gasteiger partial charge is 0.508 e. The van der Waals surface area contributed by atoms with Gasteiger partial charge in [0.25, 0.3) is 0 Å². The molecule has 4 nitrogen and oxygen atoms in total. The fourth-order valence-corrected chi connectivity index (χ4v) is 2.36. The number of phenols is 1. The van der Waals surface area contributed by atoms with E-state index in [0.717, 1.165) is 32.5 Å². The van der Waals surface area contributed by atoms with Crippen LogP contribution in [0, 0.1) is 0 Å². The van der Waals surface area contributed by atoms with E-state index in [-0.39, 0.29) is 0 Å². The van der Waals surface area contributed by atoms with Gasteiger partial charge >= 0.3 is 0 Å². The maximum atomic E-state index is 9.20. The van der Waals surface area contributed by atoms with Crippen LogP contribution in [0.1, 0.15) is 31.2 Å². The first-order valence-electron chi connectivity index (χ1n) is 7.08. The zero-order valence-corrected chi connectivity index (χ0v) is 11.4. The van der Waals surface area contributed by atoms with Crippen LogP contribution < -0.4 is 5.73 Å². The first kappa shape index (κ1) is 13.7. The van der Waals surface area contributed by atoms with Crippen molar-refractivity contribution in [2.45, 2.75) is 32.1 Å². The quantitative estimate of drug-likeness (QED) is 0.496. The Balaban J connectivity index is 1.71. The molecule has 0 unspecified atom stereocenters. The lowest BCUT2D eigenvalue weighted by Crippen LogP contribution is -2.40. The van der Waals surface area contributed by atoms with Crippen molar-refractivity contribution in [3.63, 3.8) is 0 Å². The molecule has 4 heteroatoms. The number of piperidine rings is 1. The van der Waals surface area contributed by atoms with Crippen LogP contribution in [0.15, 0.2) is 29.3 Å². The third-order valence-electron chi connectivity index (χ3n) is 3.51. The molecule has 1 aliphatic rings. The van der Waals surface area contributed by atoms with Gasteiger partial charge in [0.15, 0.2) is 5.96 Å². The fourth-order valence-electron chi connectivity index (χ4n) is 2.36. The van der Waals surface area contributed by atoms with Crippen LogP contribution in [-0.2, 0) is 6.42 Å². The molecule has 104 valence electrons. The van der Waals surface area contributed by atoms with Crippen molar-refractivity contribution in [1.82, 2.24) is 4.90 Å². The van der Waals surface area contributed by atoms with Gasteiger partial charge in [-0.3, -0.25) is 4.99 Å². The molecule has 3 N–H and O–H groups in total. The number of rotatable bonds is 4. The second-order valence-electron chi connectivity index (χ2n) is 5.06. The van der Waals surface area contributed by atoms with Gasteiger partial charge in [-0.05, 0) is 49.8 Å². The van der Waals surface area contributed by atoms with Gasteiger partial charge in [0.05, 0.1) is 0 Å². The summed E-state index contributed by atoms with van der Waals surface area (Å²) < 4.78 is 0. The van der Waals surface area contributed by atoms with Gasteiger partial charge < -0.3 is 15.7 Å². The fraction of sp³-hybridized carbons (Fsp3) is 0.533. The van der Waals surface area contributed by atoms with Gasteiger partial charge in [0, 0.05) is 19.6 Å². The second-order valence-corrected chi connectivity index (χ2v) is 5.06. The molecule has 1 aliphatic heterocycles. The predicted octanol–water partition coefficient (Wildman–Crippen LogP) is 2.13. The van der Waals surface area contributed by atoms with Gasteiger partial charge in [-0.2, -0.15) is 0 Å². The Hall–Kier alpha value is -1.71. The summed E-state index contributed by atoms with van der Waals surface area (Å²) in [6, 6.07) is 7.35. The number of hydrogen-bond acceptors (Lipinski definition) is 2. The average molecular weight is 261 g/mol. The van der Waals surface area contributed by atoms with Crippen molar-refractivity contribution in [3.8, 4) is 5.75 Å². The number of aromatic hydroxyl groups is 1. The van der Waals surface area contributed by atoms with Crippen LogP contribution in [-0.4, -0.2) is 35.6 Å². The number of phenolic OH excluding ortho intramolecular Hbond substituents is 1. The highest BCUT2D eigenvalue weighted by atomic mass is 16.3. The monoisotopic (exact) mass is 261 g/mol. The highest BCUT2D eigenvalue weighted by molar-refractivity contribution is 5.78. The molecule has 1 aromatic carbocycles. The minimum Gasteiger partial charge on any atom is -0.508 e. The number of nitrogens with two attached hydrogens (primary N) is 1. The lowest BCUT2D eigenvalue weighted by Gasteiger charge is -2.27. The van der Waals surface area contributed by atoms with Crippen molar-refractivity contribution >= 4 is 5.96 Å². The topological polar surface area (TPSA) is 61.9 Å². The molecule has 1 aromatic rings. The lowest BCUT2D eigenvalue weighted by molar-refractivity contribution is 0.338. The normalized spacial score (nSPS) is 16.6. The Bertz CT molecular complexity index is 408. The molecular weight excluding hydrogens is 238 g/mol. The van der Waals surface area contributed by atoms with E-state index in [1.807, 2.05) is 12.1 Å². The van der Waals surface area contributed by atoms with Crippen molar-refractivity contribution in [2.24, 2.45) is 10.7 Å². The molecule has 0 aliphatic carbocycles. The summed E-state index contributed by atoms with van der Waals surface area (Å²) in [5.41, 5.74) is 7.22. The summed E-state index contributed by atoms with van der Waals surface area (Å²) in [5.74, 6) is 1.02. The summed E-state index contributed by atoms with van der Waals surface area (Å²) in [6.45, 7) is 2.86. The van der Waals surface area contributed by atoms with Crippen LogP contribution in [0.5, 0.6) is 5.75 Å². The Morgan fingerprint density at radius 2 is 1.84 bits per heavy atom. The molecule has 1 saturated heterocycles. The van der Waals surface area contributed by atoms with Crippen LogP contribution in [0.3, 0.4) is 0 Å². The third kappa shape index (κ3) is 4.47. The van der Waals surface area contributed by atoms with Crippen molar-refractivity contribution in [3.05, 3.63) is 29.8 Å². The van der Waals surface area contributed by atoms with Crippen LogP contribution in [0.25, 0.3) is 0 Å². The van der Waals surface area contributed by atoms with E-state index < -0.39 is 0 Å². The molecule has 1 heterocycles. The van der Waals surface area contributed by atoms with Crippen molar-refractivity contribution in [2.75, 3.05) is 19.6 Å². The molecule has 19 heavy (non-hydrogen) atoms. The maximum absolute atomic E-state index is 9.20. The highest BCUT2D eigenvalue weighted by Gasteiger charge is 2.11. The minimum absolute atomic E-state index is 0.316. The summed E-state index contributed by atoms with van der Waals surface area (Å²) in [7, 11) is 0. The van der Waals surface area contributed by atoms with Crippen LogP contribution >= 0.6 is 0 Å². The predicted molar refractivity (Wildman–Crippen MR) is 78.3 cm³/mol.